The molecular weight excluding hydrogens is 347 g/mol. The molecule has 0 spiro atoms. The lowest BCUT2D eigenvalue weighted by molar-refractivity contribution is 0.493. The number of terminal acetylenes is 1. The molecule has 0 aliphatic heterocycles. The minimum Gasteiger partial charge on any atom is -0.395 e. The lowest BCUT2D eigenvalue weighted by Gasteiger charge is -2.16. The summed E-state index contributed by atoms with van der Waals surface area (Å²) in [5.74, 6) is 1.09. The van der Waals surface area contributed by atoms with Crippen LogP contribution in [0.1, 0.15) is 0 Å². The Bertz CT molecular complexity index is 628. The molecule has 98 valence electrons. The lowest BCUT2D eigenvalue weighted by atomic mass is 10.3. The normalized spacial score (nSPS) is 11.6. The first-order chi connectivity index (χ1) is 8.23. The molecule has 0 aliphatic carbocycles. The first-order valence-electron chi connectivity index (χ1n) is 4.56. The molecule has 0 radical (unpaired) electrons. The monoisotopic (exact) mass is 354 g/mol. The highest BCUT2D eigenvalue weighted by molar-refractivity contribution is 9.10. The fourth-order valence-electron chi connectivity index (χ4n) is 1.17. The van der Waals surface area contributed by atoms with Gasteiger partial charge in [-0.05, 0) is 22.0 Å². The van der Waals surface area contributed by atoms with Gasteiger partial charge in [0.25, 0.3) is 0 Å². The summed E-state index contributed by atoms with van der Waals surface area (Å²) in [6.45, 7) is -0.185. The van der Waals surface area contributed by atoms with Crippen LogP contribution in [0.25, 0.3) is 0 Å². The van der Waals surface area contributed by atoms with Gasteiger partial charge in [0.1, 0.15) is 4.90 Å². The first-order valence-corrected chi connectivity index (χ1v) is 7.17. The van der Waals surface area contributed by atoms with E-state index in [2.05, 4.69) is 21.9 Å². The van der Waals surface area contributed by atoms with Crippen LogP contribution < -0.4 is 5.73 Å². The van der Waals surface area contributed by atoms with Crippen LogP contribution in [0.2, 0.25) is 5.02 Å². The molecule has 0 bridgehead atoms. The van der Waals surface area contributed by atoms with Gasteiger partial charge in [-0.1, -0.05) is 17.5 Å². The van der Waals surface area contributed by atoms with Crippen LogP contribution in [-0.2, 0) is 10.0 Å². The van der Waals surface area contributed by atoms with E-state index in [4.69, 9.17) is 23.8 Å². The van der Waals surface area contributed by atoms with Crippen molar-refractivity contribution < 1.29 is 12.8 Å². The van der Waals surface area contributed by atoms with Crippen molar-refractivity contribution in [1.29, 1.82) is 0 Å². The van der Waals surface area contributed by atoms with Gasteiger partial charge in [-0.2, -0.15) is 4.31 Å². The third kappa shape index (κ3) is 2.62. The number of hydrogen-bond acceptors (Lipinski definition) is 3. The number of nitrogens with zero attached hydrogens (tertiary/aromatic N) is 1. The quantitative estimate of drug-likeness (QED) is 0.513. The average molecular weight is 356 g/mol. The SMILES string of the molecule is C#CCN(C)S(=O)(=O)c1cc(Cl)c(Br)c(N)c1F. The summed E-state index contributed by atoms with van der Waals surface area (Å²) < 4.78 is 38.8. The van der Waals surface area contributed by atoms with Crippen LogP contribution in [0.4, 0.5) is 10.1 Å². The third-order valence-electron chi connectivity index (χ3n) is 2.16. The molecule has 0 atom stereocenters. The van der Waals surface area contributed by atoms with Crippen molar-refractivity contribution in [2.24, 2.45) is 0 Å². The zero-order chi connectivity index (χ0) is 14.1. The van der Waals surface area contributed by atoms with E-state index in [1.54, 1.807) is 0 Å². The van der Waals surface area contributed by atoms with Crippen LogP contribution in [-0.4, -0.2) is 26.3 Å². The third-order valence-corrected chi connectivity index (χ3v) is 5.34. The second kappa shape index (κ2) is 5.45. The van der Waals surface area contributed by atoms with Crippen molar-refractivity contribution >= 4 is 43.2 Å². The fourth-order valence-corrected chi connectivity index (χ4v) is 2.92. The number of anilines is 1. The molecule has 2 N–H and O–H groups in total. The van der Waals surface area contributed by atoms with Crippen molar-refractivity contribution in [2.75, 3.05) is 19.3 Å². The Kier molecular flexibility index (Phi) is 4.61. The molecule has 8 heteroatoms. The van der Waals surface area contributed by atoms with Crippen LogP contribution in [0.3, 0.4) is 0 Å². The van der Waals surface area contributed by atoms with Gasteiger partial charge in [0.05, 0.1) is 21.7 Å². The summed E-state index contributed by atoms with van der Waals surface area (Å²) in [4.78, 5) is -0.606. The summed E-state index contributed by atoms with van der Waals surface area (Å²) in [6, 6.07) is 0.986. The van der Waals surface area contributed by atoms with E-state index in [0.29, 0.717) is 0 Å². The van der Waals surface area contributed by atoms with Gasteiger partial charge in [-0.15, -0.1) is 6.42 Å². The number of rotatable bonds is 3. The largest absolute Gasteiger partial charge is 0.395 e. The van der Waals surface area contributed by atoms with E-state index in [1.165, 1.54) is 7.05 Å². The number of sulfonamides is 1. The molecule has 0 aromatic heterocycles. The highest BCUT2D eigenvalue weighted by Gasteiger charge is 2.27. The molecule has 0 heterocycles. The Balaban J connectivity index is 3.49. The van der Waals surface area contributed by atoms with Crippen LogP contribution in [0, 0.1) is 18.2 Å². The maximum Gasteiger partial charge on any atom is 0.246 e. The van der Waals surface area contributed by atoms with E-state index in [9.17, 15) is 12.8 Å². The molecule has 0 saturated carbocycles. The van der Waals surface area contributed by atoms with Crippen molar-refractivity contribution in [3.05, 3.63) is 21.4 Å². The van der Waals surface area contributed by atoms with E-state index >= 15 is 0 Å². The maximum absolute atomic E-state index is 13.9. The molecule has 0 saturated heterocycles. The van der Waals surface area contributed by atoms with E-state index < -0.39 is 20.7 Å². The molecule has 0 aliphatic rings. The predicted octanol–water partition coefficient (Wildman–Crippen LogP) is 2.08. The first kappa shape index (κ1) is 15.2. The number of benzene rings is 1. The topological polar surface area (TPSA) is 63.4 Å². The standard InChI is InChI=1S/C10H9BrClFN2O2S/c1-3-4-15(2)18(16,17)7-5-6(12)8(11)10(14)9(7)13/h1,5H,4,14H2,2H3. The highest BCUT2D eigenvalue weighted by atomic mass is 79.9. The van der Waals surface area contributed by atoms with Gasteiger partial charge in [0, 0.05) is 7.05 Å². The summed E-state index contributed by atoms with van der Waals surface area (Å²) >= 11 is 8.72. The van der Waals surface area contributed by atoms with Crippen LogP contribution in [0.15, 0.2) is 15.4 Å². The van der Waals surface area contributed by atoms with Gasteiger partial charge >= 0.3 is 0 Å². The van der Waals surface area contributed by atoms with E-state index in [0.717, 1.165) is 10.4 Å². The smallest absolute Gasteiger partial charge is 0.246 e. The van der Waals surface area contributed by atoms with Crippen molar-refractivity contribution in [3.8, 4) is 12.3 Å². The van der Waals surface area contributed by atoms with Gasteiger partial charge < -0.3 is 5.73 Å². The zero-order valence-corrected chi connectivity index (χ0v) is 12.4. The Morgan fingerprint density at radius 1 is 1.67 bits per heavy atom. The number of nitrogen functional groups attached to an aromatic ring is 1. The maximum atomic E-state index is 13.9. The minimum atomic E-state index is -4.06. The Hall–Kier alpha value is -0.810. The molecule has 1 aromatic carbocycles. The molecule has 0 unspecified atom stereocenters. The van der Waals surface area contributed by atoms with E-state index in [1.807, 2.05) is 0 Å². The average Bonchev–Trinajstić information content (AvgIpc) is 2.31. The van der Waals surface area contributed by atoms with Crippen molar-refractivity contribution in [2.45, 2.75) is 4.90 Å². The van der Waals surface area contributed by atoms with Crippen molar-refractivity contribution in [1.82, 2.24) is 4.31 Å². The Morgan fingerprint density at radius 2 is 2.22 bits per heavy atom. The summed E-state index contributed by atoms with van der Waals surface area (Å²) in [7, 11) is -2.83. The molecule has 18 heavy (non-hydrogen) atoms. The molecule has 4 nitrogen and oxygen atoms in total. The Morgan fingerprint density at radius 3 is 2.72 bits per heavy atom. The van der Waals surface area contributed by atoms with Crippen LogP contribution in [0.5, 0.6) is 0 Å². The number of hydrogen-bond donors (Lipinski definition) is 1. The predicted molar refractivity (Wildman–Crippen MR) is 72.2 cm³/mol. The molecule has 1 rings (SSSR count). The Labute approximate surface area is 118 Å². The summed E-state index contributed by atoms with van der Waals surface area (Å²) in [6.07, 6.45) is 5.02. The second-order valence-corrected chi connectivity index (χ2v) is 6.58. The lowest BCUT2D eigenvalue weighted by Crippen LogP contribution is -2.28. The molecule has 0 amide bonds. The molecule has 1 aromatic rings. The van der Waals surface area contributed by atoms with Gasteiger partial charge in [0.15, 0.2) is 5.82 Å². The van der Waals surface area contributed by atoms with E-state index in [-0.39, 0.29) is 21.7 Å². The van der Waals surface area contributed by atoms with Gasteiger partial charge in [-0.3, -0.25) is 0 Å². The second-order valence-electron chi connectivity index (χ2n) is 3.36. The number of halogens is 3. The van der Waals surface area contributed by atoms with Gasteiger partial charge in [-0.25, -0.2) is 12.8 Å². The summed E-state index contributed by atoms with van der Waals surface area (Å²) in [5.41, 5.74) is 5.06. The molecule has 0 fully saturated rings. The summed E-state index contributed by atoms with van der Waals surface area (Å²) in [5, 5.41) is 0.00147. The fraction of sp³-hybridized carbons (Fsp3) is 0.200. The zero-order valence-electron chi connectivity index (χ0n) is 9.25. The minimum absolute atomic E-state index is 0.00147. The van der Waals surface area contributed by atoms with Crippen molar-refractivity contribution in [3.63, 3.8) is 0 Å². The highest BCUT2D eigenvalue weighted by Crippen LogP contribution is 2.35. The molecular formula is C10H9BrClFN2O2S. The number of nitrogens with two attached hydrogens (primary N) is 1. The van der Waals surface area contributed by atoms with Gasteiger partial charge in [0.2, 0.25) is 10.0 Å². The van der Waals surface area contributed by atoms with Crippen LogP contribution >= 0.6 is 27.5 Å².